The molecule has 1 fully saturated rings. The number of nitrogens with one attached hydrogen (secondary N) is 1. The highest BCUT2D eigenvalue weighted by Crippen LogP contribution is 2.23. The molecule has 1 aliphatic rings. The highest BCUT2D eigenvalue weighted by molar-refractivity contribution is 5.99. The molecule has 3 rings (SSSR count). The van der Waals surface area contributed by atoms with Crippen LogP contribution in [0, 0.1) is 0 Å². The average Bonchev–Trinajstić information content (AvgIpc) is 2.83. The number of piperidine rings is 1. The number of hydrogen-bond donors (Lipinski definition) is 1. The van der Waals surface area contributed by atoms with Crippen LogP contribution < -0.4 is 10.1 Å². The number of carbonyl (C=O) groups is 4. The lowest BCUT2D eigenvalue weighted by molar-refractivity contribution is -0.139. The van der Waals surface area contributed by atoms with Crippen LogP contribution in [0.15, 0.2) is 48.5 Å². The maximum absolute atomic E-state index is 12.6. The van der Waals surface area contributed by atoms with Crippen molar-refractivity contribution >= 4 is 29.3 Å². The molecule has 0 radical (unpaired) electrons. The summed E-state index contributed by atoms with van der Waals surface area (Å²) in [6.07, 6.45) is 2.06. The molecule has 8 nitrogen and oxygen atoms in total. The van der Waals surface area contributed by atoms with E-state index in [2.05, 4.69) is 19.2 Å². The van der Waals surface area contributed by atoms with Crippen molar-refractivity contribution in [2.24, 2.45) is 0 Å². The Morgan fingerprint density at radius 1 is 1.00 bits per heavy atom. The molecule has 0 bridgehead atoms. The summed E-state index contributed by atoms with van der Waals surface area (Å²) >= 11 is 0. The number of amides is 2. The molecule has 0 saturated carbocycles. The van der Waals surface area contributed by atoms with Crippen molar-refractivity contribution in [2.75, 3.05) is 11.9 Å². The Bertz CT molecular complexity index is 1070. The van der Waals surface area contributed by atoms with Gasteiger partial charge in [0.25, 0.3) is 11.8 Å². The molecule has 2 aromatic rings. The number of rotatable bonds is 8. The molecule has 35 heavy (non-hydrogen) atoms. The summed E-state index contributed by atoms with van der Waals surface area (Å²) in [5.74, 6) is -0.888. The fourth-order valence-electron chi connectivity index (χ4n) is 4.16. The maximum Gasteiger partial charge on any atom is 0.338 e. The van der Waals surface area contributed by atoms with Crippen LogP contribution in [0.2, 0.25) is 0 Å². The lowest BCUT2D eigenvalue weighted by atomic mass is 9.97. The van der Waals surface area contributed by atoms with Crippen LogP contribution in [0.1, 0.15) is 67.7 Å². The number of nitrogens with zero attached hydrogens (tertiary/aromatic N) is 1. The van der Waals surface area contributed by atoms with Gasteiger partial charge < -0.3 is 19.7 Å². The van der Waals surface area contributed by atoms with E-state index < -0.39 is 18.0 Å². The quantitative estimate of drug-likeness (QED) is 0.448. The van der Waals surface area contributed by atoms with Gasteiger partial charge in [-0.3, -0.25) is 14.4 Å². The lowest BCUT2D eigenvalue weighted by Crippen LogP contribution is -2.49. The summed E-state index contributed by atoms with van der Waals surface area (Å²) in [5.41, 5.74) is 1.16. The number of benzene rings is 2. The average molecular weight is 481 g/mol. The Morgan fingerprint density at radius 3 is 2.29 bits per heavy atom. The Kier molecular flexibility index (Phi) is 8.63. The summed E-state index contributed by atoms with van der Waals surface area (Å²) in [5, 5.41) is 2.64. The largest absolute Gasteiger partial charge is 0.484 e. The number of Topliss-reactive ketones (excluding diaryl/α,β-unsaturated/α-hetero) is 1. The predicted octanol–water partition coefficient (Wildman–Crippen LogP) is 4.24. The number of esters is 1. The smallest absolute Gasteiger partial charge is 0.338 e. The summed E-state index contributed by atoms with van der Waals surface area (Å²) < 4.78 is 10.9. The van der Waals surface area contributed by atoms with E-state index in [4.69, 9.17) is 9.47 Å². The molecule has 8 heteroatoms. The van der Waals surface area contributed by atoms with Gasteiger partial charge in [-0.25, -0.2) is 4.79 Å². The first-order valence-electron chi connectivity index (χ1n) is 11.8. The van der Waals surface area contributed by atoms with Gasteiger partial charge in [0.1, 0.15) is 5.75 Å². The predicted molar refractivity (Wildman–Crippen MR) is 132 cm³/mol. The zero-order valence-electron chi connectivity index (χ0n) is 20.6. The van der Waals surface area contributed by atoms with Crippen molar-refractivity contribution in [1.82, 2.24) is 4.90 Å². The zero-order valence-corrected chi connectivity index (χ0v) is 20.6. The van der Waals surface area contributed by atoms with Gasteiger partial charge in [-0.1, -0.05) is 12.1 Å². The number of likely N-dealkylation sites (tertiary alicyclic amines) is 1. The first-order valence-corrected chi connectivity index (χ1v) is 11.8. The van der Waals surface area contributed by atoms with E-state index in [1.165, 1.54) is 26.0 Å². The van der Waals surface area contributed by atoms with E-state index >= 15 is 0 Å². The van der Waals surface area contributed by atoms with E-state index in [1.807, 2.05) is 4.90 Å². The van der Waals surface area contributed by atoms with E-state index in [0.29, 0.717) is 17.0 Å². The molecule has 0 spiro atoms. The first kappa shape index (κ1) is 25.9. The highest BCUT2D eigenvalue weighted by atomic mass is 16.5. The number of ether oxygens (including phenoxy) is 2. The molecule has 0 aliphatic carbocycles. The Labute approximate surface area is 205 Å². The molecule has 2 amide bonds. The lowest BCUT2D eigenvalue weighted by Gasteiger charge is -2.38. The van der Waals surface area contributed by atoms with E-state index in [0.717, 1.165) is 19.3 Å². The number of ketones is 1. The van der Waals surface area contributed by atoms with Gasteiger partial charge in [-0.05, 0) is 83.4 Å². The minimum atomic E-state index is -1.05. The van der Waals surface area contributed by atoms with Crippen LogP contribution >= 0.6 is 0 Å². The van der Waals surface area contributed by atoms with E-state index in [9.17, 15) is 19.2 Å². The fourth-order valence-corrected chi connectivity index (χ4v) is 4.16. The third kappa shape index (κ3) is 6.91. The van der Waals surface area contributed by atoms with Gasteiger partial charge in [0, 0.05) is 23.3 Å². The van der Waals surface area contributed by atoms with Crippen molar-refractivity contribution in [3.05, 3.63) is 59.7 Å². The van der Waals surface area contributed by atoms with Gasteiger partial charge >= 0.3 is 5.97 Å². The second kappa shape index (κ2) is 11.6. The maximum atomic E-state index is 12.6. The Hall–Kier alpha value is -3.68. The van der Waals surface area contributed by atoms with Crippen LogP contribution in [0.5, 0.6) is 5.75 Å². The fraction of sp³-hybridized carbons (Fsp3) is 0.407. The summed E-state index contributed by atoms with van der Waals surface area (Å²) in [7, 11) is 0. The van der Waals surface area contributed by atoms with Gasteiger partial charge in [0.15, 0.2) is 18.5 Å². The normalized spacial score (nSPS) is 18.3. The van der Waals surface area contributed by atoms with Gasteiger partial charge in [-0.15, -0.1) is 0 Å². The van der Waals surface area contributed by atoms with Crippen LogP contribution in [0.25, 0.3) is 0 Å². The van der Waals surface area contributed by atoms with Crippen LogP contribution in [0.4, 0.5) is 5.69 Å². The number of anilines is 1. The standard InChI is InChI=1S/C27H32N2O6/c1-17-7-5-8-18(2)29(17)25(31)16-34-24-13-11-21(12-14-24)27(33)35-20(4)26(32)28-23-10-6-9-22(15-23)19(3)30/h6,9-15,17-18,20H,5,7-8,16H2,1-4H3,(H,28,32). The molecule has 0 aromatic heterocycles. The van der Waals surface area contributed by atoms with Gasteiger partial charge in [0.2, 0.25) is 0 Å². The van der Waals surface area contributed by atoms with E-state index in [-0.39, 0.29) is 35.9 Å². The van der Waals surface area contributed by atoms with Crippen LogP contribution in [-0.2, 0) is 14.3 Å². The molecule has 1 aliphatic heterocycles. The van der Waals surface area contributed by atoms with Gasteiger partial charge in [0.05, 0.1) is 5.56 Å². The monoisotopic (exact) mass is 480 g/mol. The minimum Gasteiger partial charge on any atom is -0.484 e. The summed E-state index contributed by atoms with van der Waals surface area (Å²) in [4.78, 5) is 50.9. The zero-order chi connectivity index (χ0) is 25.5. The molecule has 3 unspecified atom stereocenters. The third-order valence-electron chi connectivity index (χ3n) is 6.12. The molecular formula is C27H32N2O6. The molecule has 1 saturated heterocycles. The Balaban J connectivity index is 1.51. The number of carbonyl (C=O) groups excluding carboxylic acids is 4. The molecular weight excluding hydrogens is 448 g/mol. The topological polar surface area (TPSA) is 102 Å². The number of hydrogen-bond acceptors (Lipinski definition) is 6. The van der Waals surface area contributed by atoms with Crippen LogP contribution in [-0.4, -0.2) is 53.3 Å². The van der Waals surface area contributed by atoms with Crippen LogP contribution in [0.3, 0.4) is 0 Å². The third-order valence-corrected chi connectivity index (χ3v) is 6.12. The van der Waals surface area contributed by atoms with E-state index in [1.54, 1.807) is 36.4 Å². The molecule has 1 heterocycles. The van der Waals surface area contributed by atoms with Crippen molar-refractivity contribution in [1.29, 1.82) is 0 Å². The molecule has 2 aromatic carbocycles. The SMILES string of the molecule is CC(=O)c1cccc(NC(=O)C(C)OC(=O)c2ccc(OCC(=O)N3C(C)CCCC3C)cc2)c1. The summed E-state index contributed by atoms with van der Waals surface area (Å²) in [6.45, 7) is 6.94. The van der Waals surface area contributed by atoms with Gasteiger partial charge in [-0.2, -0.15) is 0 Å². The van der Waals surface area contributed by atoms with Crippen molar-refractivity contribution in [3.63, 3.8) is 0 Å². The Morgan fingerprint density at radius 2 is 1.66 bits per heavy atom. The second-order valence-corrected chi connectivity index (χ2v) is 8.92. The van der Waals surface area contributed by atoms with Crippen molar-refractivity contribution in [2.45, 2.75) is 65.1 Å². The molecule has 186 valence electrons. The molecule has 3 atom stereocenters. The highest BCUT2D eigenvalue weighted by Gasteiger charge is 2.29. The van der Waals surface area contributed by atoms with Crippen molar-refractivity contribution < 1.29 is 28.7 Å². The first-order chi connectivity index (χ1) is 16.7. The van der Waals surface area contributed by atoms with Crippen molar-refractivity contribution in [3.8, 4) is 5.75 Å². The second-order valence-electron chi connectivity index (χ2n) is 8.92. The minimum absolute atomic E-state index is 0.0538. The molecule has 1 N–H and O–H groups in total. The summed E-state index contributed by atoms with van der Waals surface area (Å²) in [6, 6.07) is 13.1.